The van der Waals surface area contributed by atoms with Crippen molar-refractivity contribution in [2.75, 3.05) is 0 Å². The van der Waals surface area contributed by atoms with E-state index in [1.54, 1.807) is 0 Å². The van der Waals surface area contributed by atoms with E-state index in [1.807, 2.05) is 6.92 Å². The Morgan fingerprint density at radius 2 is 1.48 bits per heavy atom. The summed E-state index contributed by atoms with van der Waals surface area (Å²) in [5.41, 5.74) is 2.55. The van der Waals surface area contributed by atoms with E-state index in [1.165, 1.54) is 11.1 Å². The van der Waals surface area contributed by atoms with Crippen LogP contribution in [-0.2, 0) is 9.47 Å². The second kappa shape index (κ2) is 11.6. The van der Waals surface area contributed by atoms with Crippen LogP contribution in [0.5, 0.6) is 0 Å². The highest BCUT2D eigenvalue weighted by atomic mass is 16.7. The first-order valence-electron chi connectivity index (χ1n) is 9.07. The highest BCUT2D eigenvalue weighted by Crippen LogP contribution is 2.23. The first kappa shape index (κ1) is 22.1. The zero-order valence-corrected chi connectivity index (χ0v) is 16.6. The van der Waals surface area contributed by atoms with Crippen molar-refractivity contribution in [1.29, 1.82) is 0 Å². The Bertz CT molecular complexity index is 388. The summed E-state index contributed by atoms with van der Waals surface area (Å²) >= 11 is 0. The second-order valence-electron chi connectivity index (χ2n) is 6.84. The summed E-state index contributed by atoms with van der Waals surface area (Å²) in [6, 6.07) is 0. The highest BCUT2D eigenvalue weighted by molar-refractivity contribution is 5.19. The van der Waals surface area contributed by atoms with Crippen molar-refractivity contribution in [2.45, 2.75) is 99.1 Å². The van der Waals surface area contributed by atoms with Crippen LogP contribution in [0, 0.1) is 0 Å². The van der Waals surface area contributed by atoms with E-state index in [2.05, 4.69) is 72.8 Å². The topological polar surface area (TPSA) is 18.5 Å². The van der Waals surface area contributed by atoms with Gasteiger partial charge in [-0.1, -0.05) is 43.2 Å². The largest absolute Gasteiger partial charge is 0.344 e. The fraction of sp³-hybridized carbons (Fsp3) is 0.714. The van der Waals surface area contributed by atoms with Gasteiger partial charge in [0, 0.05) is 0 Å². The summed E-state index contributed by atoms with van der Waals surface area (Å²) in [7, 11) is 0. The molecule has 0 radical (unpaired) electrons. The van der Waals surface area contributed by atoms with Crippen LogP contribution in [0.3, 0.4) is 0 Å². The summed E-state index contributed by atoms with van der Waals surface area (Å²) in [6.07, 6.45) is 13.2. The van der Waals surface area contributed by atoms with Crippen molar-refractivity contribution in [1.82, 2.24) is 0 Å². The Labute approximate surface area is 144 Å². The molecule has 0 aromatic rings. The number of rotatable bonds is 11. The average Bonchev–Trinajstić information content (AvgIpc) is 2.45. The zero-order chi connectivity index (χ0) is 17.9. The van der Waals surface area contributed by atoms with Crippen molar-refractivity contribution in [2.24, 2.45) is 0 Å². The lowest BCUT2D eigenvalue weighted by Gasteiger charge is -2.33. The van der Waals surface area contributed by atoms with Crippen LogP contribution in [0.1, 0.15) is 81.1 Å². The van der Waals surface area contributed by atoms with Gasteiger partial charge in [0.2, 0.25) is 0 Å². The molecule has 0 aromatic carbocycles. The van der Waals surface area contributed by atoms with Crippen LogP contribution in [0.15, 0.2) is 35.5 Å². The molecular weight excluding hydrogens is 284 g/mol. The van der Waals surface area contributed by atoms with Crippen LogP contribution in [0.2, 0.25) is 0 Å². The maximum absolute atomic E-state index is 6.15. The molecule has 0 N–H and O–H groups in total. The van der Waals surface area contributed by atoms with Crippen molar-refractivity contribution < 1.29 is 9.47 Å². The molecule has 134 valence electrons. The van der Waals surface area contributed by atoms with Crippen LogP contribution < -0.4 is 0 Å². The summed E-state index contributed by atoms with van der Waals surface area (Å²) in [6.45, 7) is 16.9. The maximum Gasteiger partial charge on any atom is 0.186 e. The maximum atomic E-state index is 6.15. The monoisotopic (exact) mass is 322 g/mol. The van der Waals surface area contributed by atoms with Gasteiger partial charge in [0.15, 0.2) is 5.79 Å². The van der Waals surface area contributed by atoms with Crippen LogP contribution in [-0.4, -0.2) is 18.0 Å². The van der Waals surface area contributed by atoms with Crippen LogP contribution >= 0.6 is 0 Å². The molecule has 0 saturated carbocycles. The molecular formula is C21H38O2. The second-order valence-corrected chi connectivity index (χ2v) is 6.84. The van der Waals surface area contributed by atoms with E-state index in [0.717, 1.165) is 25.7 Å². The Balaban J connectivity index is 4.87. The third-order valence-electron chi connectivity index (χ3n) is 3.78. The van der Waals surface area contributed by atoms with Gasteiger partial charge >= 0.3 is 0 Å². The average molecular weight is 323 g/mol. The molecule has 2 heteroatoms. The van der Waals surface area contributed by atoms with Gasteiger partial charge in [-0.15, -0.1) is 0 Å². The molecule has 0 spiro atoms. The van der Waals surface area contributed by atoms with Gasteiger partial charge in [0.05, 0.1) is 12.2 Å². The van der Waals surface area contributed by atoms with Crippen molar-refractivity contribution in [3.8, 4) is 0 Å². The smallest absolute Gasteiger partial charge is 0.186 e. The number of hydrogen-bond acceptors (Lipinski definition) is 2. The van der Waals surface area contributed by atoms with Crippen LogP contribution in [0.4, 0.5) is 0 Å². The number of hydrogen-bond donors (Lipinski definition) is 0. The standard InChI is InChI=1S/C21H38O2/c1-9-19(6)22-21(8,23-20(7)10-2)16-18(5)15-13-11-12-14-17(3)4/h13-16,19-20H,9-12H2,1-8H3/b15-13+,18-16+. The first-order chi connectivity index (χ1) is 10.7. The summed E-state index contributed by atoms with van der Waals surface area (Å²) in [4.78, 5) is 0. The molecule has 0 aromatic heterocycles. The Kier molecular flexibility index (Phi) is 11.2. The lowest BCUT2D eigenvalue weighted by atomic mass is 10.1. The Hall–Kier alpha value is -0.860. The molecule has 0 fully saturated rings. The minimum atomic E-state index is -0.667. The molecule has 2 atom stereocenters. The highest BCUT2D eigenvalue weighted by Gasteiger charge is 2.27. The summed E-state index contributed by atoms with van der Waals surface area (Å²) < 4.78 is 12.3. The quantitative estimate of drug-likeness (QED) is 0.185. The molecule has 0 rings (SSSR count). The molecule has 23 heavy (non-hydrogen) atoms. The summed E-state index contributed by atoms with van der Waals surface area (Å²) in [5, 5.41) is 0. The van der Waals surface area contributed by atoms with Gasteiger partial charge in [0.1, 0.15) is 0 Å². The van der Waals surface area contributed by atoms with Gasteiger partial charge in [0.25, 0.3) is 0 Å². The first-order valence-corrected chi connectivity index (χ1v) is 9.07. The van der Waals surface area contributed by atoms with Gasteiger partial charge in [-0.05, 0) is 73.3 Å². The van der Waals surface area contributed by atoms with Crippen LogP contribution in [0.25, 0.3) is 0 Å². The molecule has 0 saturated heterocycles. The fourth-order valence-corrected chi connectivity index (χ4v) is 2.26. The molecule has 0 aliphatic heterocycles. The lowest BCUT2D eigenvalue weighted by molar-refractivity contribution is -0.234. The van der Waals surface area contributed by atoms with Crippen molar-refractivity contribution in [3.05, 3.63) is 35.5 Å². The molecule has 0 bridgehead atoms. The van der Waals surface area contributed by atoms with Gasteiger partial charge in [-0.2, -0.15) is 0 Å². The third-order valence-corrected chi connectivity index (χ3v) is 3.78. The van der Waals surface area contributed by atoms with Crippen molar-refractivity contribution >= 4 is 0 Å². The predicted molar refractivity (Wildman–Crippen MR) is 102 cm³/mol. The van der Waals surface area contributed by atoms with Gasteiger partial charge in [-0.3, -0.25) is 0 Å². The van der Waals surface area contributed by atoms with Gasteiger partial charge < -0.3 is 9.47 Å². The third kappa shape index (κ3) is 11.3. The lowest BCUT2D eigenvalue weighted by Crippen LogP contribution is -2.36. The zero-order valence-electron chi connectivity index (χ0n) is 16.6. The number of ether oxygens (including phenoxy) is 2. The molecule has 0 aliphatic rings. The number of unbranched alkanes of at least 4 members (excludes halogenated alkanes) is 1. The Morgan fingerprint density at radius 3 is 1.91 bits per heavy atom. The van der Waals surface area contributed by atoms with Gasteiger partial charge in [-0.25, -0.2) is 0 Å². The van der Waals surface area contributed by atoms with E-state index in [0.29, 0.717) is 0 Å². The molecule has 0 amide bonds. The predicted octanol–water partition coefficient (Wildman–Crippen LogP) is 6.58. The molecule has 2 nitrogen and oxygen atoms in total. The fourth-order valence-electron chi connectivity index (χ4n) is 2.26. The molecule has 2 unspecified atom stereocenters. The normalized spacial score (nSPS) is 17.8. The van der Waals surface area contributed by atoms with Crippen molar-refractivity contribution in [3.63, 3.8) is 0 Å². The van der Waals surface area contributed by atoms with E-state index in [-0.39, 0.29) is 12.2 Å². The number of allylic oxidation sites excluding steroid dienone is 5. The minimum absolute atomic E-state index is 0.176. The van der Waals surface area contributed by atoms with E-state index < -0.39 is 5.79 Å². The minimum Gasteiger partial charge on any atom is -0.344 e. The Morgan fingerprint density at radius 1 is 0.957 bits per heavy atom. The SMILES string of the molecule is CCC(C)OC(C)(/C=C(C)/C=C/CCC=C(C)C)OC(C)CC. The molecule has 0 heterocycles. The van der Waals surface area contributed by atoms with E-state index in [9.17, 15) is 0 Å². The van der Waals surface area contributed by atoms with E-state index >= 15 is 0 Å². The summed E-state index contributed by atoms with van der Waals surface area (Å²) in [5.74, 6) is -0.667. The molecule has 0 aliphatic carbocycles. The van der Waals surface area contributed by atoms with E-state index in [4.69, 9.17) is 9.47 Å².